The Morgan fingerprint density at radius 3 is 1.01 bits per heavy atom. The fourth-order valence-corrected chi connectivity index (χ4v) is 17.7. The highest BCUT2D eigenvalue weighted by atomic mass is 79.9. The number of ketones is 1. The summed E-state index contributed by atoms with van der Waals surface area (Å²) in [5, 5.41) is 58.6. The maximum Gasteiger partial charge on any atom is 0.195 e. The lowest BCUT2D eigenvalue weighted by Crippen LogP contribution is -2.11. The number of carbonyl (C=O) groups excluding carboxylic acids is 1. The summed E-state index contributed by atoms with van der Waals surface area (Å²) in [6, 6.07) is 28.0. The zero-order chi connectivity index (χ0) is 80.0. The van der Waals surface area contributed by atoms with Gasteiger partial charge in [0.1, 0.15) is 28.7 Å². The normalized spacial score (nSPS) is 10.7. The largest absolute Gasteiger partial charge is 0.496 e. The third-order valence-electron chi connectivity index (χ3n) is 16.9. The van der Waals surface area contributed by atoms with Crippen molar-refractivity contribution in [3.63, 3.8) is 0 Å². The Morgan fingerprint density at radius 1 is 0.269 bits per heavy atom. The third-order valence-corrected chi connectivity index (χ3v) is 26.5. The first kappa shape index (κ1) is 91.5. The monoisotopic (exact) mass is 2130 g/mol. The second-order valence-electron chi connectivity index (χ2n) is 22.8. The van der Waals surface area contributed by atoms with E-state index in [4.69, 9.17) is 61.6 Å². The molecule has 9 rings (SSSR count). The summed E-state index contributed by atoms with van der Waals surface area (Å²) in [5.41, 5.74) is 12.0. The Bertz CT molecular complexity index is 4610. The summed E-state index contributed by atoms with van der Waals surface area (Å²) >= 11 is 35.9. The van der Waals surface area contributed by atoms with Crippen molar-refractivity contribution in [2.45, 2.75) is 65.3 Å². The summed E-state index contributed by atoms with van der Waals surface area (Å²) < 4.78 is 77.3. The summed E-state index contributed by atoms with van der Waals surface area (Å²) in [6.07, 6.45) is 2.20. The lowest BCUT2D eigenvalue weighted by Gasteiger charge is -2.21. The molecule has 0 aliphatic heterocycles. The van der Waals surface area contributed by atoms with Crippen LogP contribution in [0.5, 0.6) is 74.7 Å². The SMILES string of the molecule is COc1cc(C(=O)c2c(CO)cc(CO)c(OC)c2Br)c(Br)c(Br)c1OC.COc1cc(Cc2cc(CO)c(OC)c(Br)c2Cc2cc(OC)c(OC)c(Br)c2Br)c(Br)cc1CO.COc1cc(Cc2cc(CO)c(OC)c(Br)c2Cc2cc(OC)c(OC)c(Br)c2Br)ccc1CO.COc1ccccc1OC. The molecule has 0 radical (unpaired) electrons. The topological polar surface area (TPSA) is 258 Å². The van der Waals surface area contributed by atoms with Gasteiger partial charge in [0, 0.05) is 69.7 Å². The quantitative estimate of drug-likeness (QED) is 0.0238. The molecule has 0 saturated carbocycles. The molecule has 6 N–H and O–H groups in total. The third kappa shape index (κ3) is 21.3. The predicted molar refractivity (Wildman–Crippen MR) is 450 cm³/mol. The van der Waals surface area contributed by atoms with Gasteiger partial charge in [-0.05, 0) is 273 Å². The number of halogens is 10. The van der Waals surface area contributed by atoms with E-state index in [-0.39, 0.29) is 51.0 Å². The average Bonchev–Trinajstić information content (AvgIpc) is 0.819. The molecule has 9 aromatic rings. The van der Waals surface area contributed by atoms with Gasteiger partial charge in [-0.3, -0.25) is 4.79 Å². The maximum absolute atomic E-state index is 13.3. The molecule has 0 spiro atoms. The van der Waals surface area contributed by atoms with Crippen LogP contribution in [0.25, 0.3) is 0 Å². The zero-order valence-corrected chi connectivity index (χ0v) is 76.8. The van der Waals surface area contributed by atoms with Crippen molar-refractivity contribution >= 4 is 165 Å². The minimum Gasteiger partial charge on any atom is -0.496 e. The molecule has 0 aromatic heterocycles. The molecule has 0 aliphatic carbocycles. The standard InChI is InChI=1S/C26H26Br4O6.C26H27Br3O6.C18H17Br3O6.C8H10O2/c1-33-20-9-14(19(27)8-16(20)11-31)5-13-6-17(12-32)25(35-3)23(29)18(13)7-15-10-21(34-2)26(36-4)24(30)22(15)28;1-32-20-8-14(5-6-15(20)12-30)7-16-9-18(13-31)25(34-3)23(28)19(16)10-17-11-21(33-2)26(35-4)24(29)22(17)27;1-25-11-5-10(13(19)15(21)18(11)27-3)16(24)12-8(6-22)4-9(7-23)17(26-2)14(12)20;1-9-7-5-3-4-6-8(7)10-2/h6,8-10,31-32H,5,7,11-12H2,1-4H3;5-6,8-9,11,30-31H,7,10,12-13H2,1-4H3;4-5,22-23H,6-7H2,1-3H3;3-6H,1-2H3. The van der Waals surface area contributed by atoms with Crippen LogP contribution in [0.15, 0.2) is 136 Å². The van der Waals surface area contributed by atoms with Crippen molar-refractivity contribution in [2.24, 2.45) is 0 Å². The highest BCUT2D eigenvalue weighted by Crippen LogP contribution is 2.49. The first-order chi connectivity index (χ1) is 51.8. The number of benzene rings is 9. The number of aliphatic hydroxyl groups is 6. The number of hydrogen-bond donors (Lipinski definition) is 6. The molecular weight excluding hydrogens is 2060 g/mol. The van der Waals surface area contributed by atoms with Crippen molar-refractivity contribution in [1.29, 1.82) is 0 Å². The molecule has 30 heteroatoms. The molecule has 20 nitrogen and oxygen atoms in total. The number of rotatable bonds is 29. The van der Waals surface area contributed by atoms with Gasteiger partial charge in [-0.2, -0.15) is 0 Å². The number of hydrogen-bond acceptors (Lipinski definition) is 20. The number of methoxy groups -OCH3 is 13. The number of aliphatic hydroxyl groups excluding tert-OH is 6. The van der Waals surface area contributed by atoms with Gasteiger partial charge in [0.2, 0.25) is 0 Å². The van der Waals surface area contributed by atoms with E-state index in [1.54, 1.807) is 83.2 Å². The van der Waals surface area contributed by atoms with Crippen LogP contribution in [-0.2, 0) is 65.3 Å². The van der Waals surface area contributed by atoms with Gasteiger partial charge in [0.05, 0.1) is 159 Å². The summed E-state index contributed by atoms with van der Waals surface area (Å²) in [7, 11) is 20.4. The Labute approximate surface area is 712 Å². The summed E-state index contributed by atoms with van der Waals surface area (Å²) in [6.45, 7) is -1.24. The molecule has 582 valence electrons. The van der Waals surface area contributed by atoms with E-state index in [1.165, 1.54) is 21.3 Å². The van der Waals surface area contributed by atoms with Crippen LogP contribution in [0, 0.1) is 0 Å². The molecular formula is C78H80Br10O20. The Kier molecular flexibility index (Phi) is 37.4. The predicted octanol–water partition coefficient (Wildman–Crippen LogP) is 19.0. The van der Waals surface area contributed by atoms with Crippen LogP contribution in [0.3, 0.4) is 0 Å². The first-order valence-electron chi connectivity index (χ1n) is 32.1. The zero-order valence-electron chi connectivity index (χ0n) is 60.9. The van der Waals surface area contributed by atoms with E-state index in [0.717, 1.165) is 92.9 Å². The van der Waals surface area contributed by atoms with Crippen molar-refractivity contribution < 1.29 is 97.0 Å². The van der Waals surface area contributed by atoms with Crippen LogP contribution in [-0.4, -0.2) is 129 Å². The van der Waals surface area contributed by atoms with Gasteiger partial charge in [-0.15, -0.1) is 0 Å². The summed E-state index contributed by atoms with van der Waals surface area (Å²) in [5.74, 6) is 7.14. The van der Waals surface area contributed by atoms with Gasteiger partial charge < -0.3 is 92.2 Å². The fraction of sp³-hybridized carbons (Fsp3) is 0.295. The second-order valence-corrected chi connectivity index (χ2v) is 30.8. The summed E-state index contributed by atoms with van der Waals surface area (Å²) in [4.78, 5) is 13.3. The maximum atomic E-state index is 13.3. The molecule has 0 fully saturated rings. The van der Waals surface area contributed by atoms with Crippen LogP contribution in [0.2, 0.25) is 0 Å². The van der Waals surface area contributed by atoms with Crippen molar-refractivity contribution in [2.75, 3.05) is 92.4 Å². The van der Waals surface area contributed by atoms with Crippen molar-refractivity contribution in [1.82, 2.24) is 0 Å². The Hall–Kier alpha value is -5.39. The Morgan fingerprint density at radius 2 is 0.620 bits per heavy atom. The van der Waals surface area contributed by atoms with E-state index < -0.39 is 0 Å². The number of para-hydroxylation sites is 2. The molecule has 0 aliphatic rings. The molecule has 0 saturated heterocycles. The van der Waals surface area contributed by atoms with E-state index in [0.29, 0.717) is 136 Å². The van der Waals surface area contributed by atoms with Gasteiger partial charge in [0.15, 0.2) is 51.8 Å². The fourth-order valence-electron chi connectivity index (χ4n) is 11.5. The van der Waals surface area contributed by atoms with E-state index in [9.17, 15) is 35.4 Å². The highest BCUT2D eigenvalue weighted by Gasteiger charge is 2.29. The highest BCUT2D eigenvalue weighted by molar-refractivity contribution is 9.14. The molecule has 0 unspecified atom stereocenters. The molecule has 0 amide bonds. The van der Waals surface area contributed by atoms with Crippen LogP contribution < -0.4 is 61.6 Å². The van der Waals surface area contributed by atoms with Crippen molar-refractivity contribution in [3.8, 4) is 74.7 Å². The second kappa shape index (κ2) is 44.2. The van der Waals surface area contributed by atoms with Gasteiger partial charge in [0.25, 0.3) is 0 Å². The van der Waals surface area contributed by atoms with E-state index in [1.807, 2.05) is 78.9 Å². The molecule has 0 atom stereocenters. The van der Waals surface area contributed by atoms with Gasteiger partial charge >= 0.3 is 0 Å². The van der Waals surface area contributed by atoms with Crippen LogP contribution in [0.1, 0.15) is 93.8 Å². The van der Waals surface area contributed by atoms with Gasteiger partial charge in [-0.1, -0.05) is 40.2 Å². The number of carbonyl (C=O) groups is 1. The molecule has 0 heterocycles. The molecule has 108 heavy (non-hydrogen) atoms. The van der Waals surface area contributed by atoms with E-state index in [2.05, 4.69) is 159 Å². The minimum atomic E-state index is -0.386. The smallest absolute Gasteiger partial charge is 0.195 e. The Balaban J connectivity index is 0.000000239. The lowest BCUT2D eigenvalue weighted by molar-refractivity contribution is 0.103. The first-order valence-corrected chi connectivity index (χ1v) is 40.0. The van der Waals surface area contributed by atoms with Crippen LogP contribution >= 0.6 is 159 Å². The molecule has 0 bridgehead atoms. The van der Waals surface area contributed by atoms with E-state index >= 15 is 0 Å². The average molecular weight is 2140 g/mol. The van der Waals surface area contributed by atoms with Crippen molar-refractivity contribution in [3.05, 3.63) is 225 Å². The lowest BCUT2D eigenvalue weighted by atomic mass is 9.92. The van der Waals surface area contributed by atoms with Crippen LogP contribution in [0.4, 0.5) is 0 Å². The van der Waals surface area contributed by atoms with Gasteiger partial charge in [-0.25, -0.2) is 0 Å². The molecule has 9 aromatic carbocycles. The number of ether oxygens (including phenoxy) is 13. The minimum absolute atomic E-state index is 0.0976.